The smallest absolute Gasteiger partial charge is 0.308 e. The number of nitrogens with one attached hydrogen (secondary N) is 1. The highest BCUT2D eigenvalue weighted by Crippen LogP contribution is 2.10. The molecule has 0 aliphatic carbocycles. The van der Waals surface area contributed by atoms with E-state index in [2.05, 4.69) is 10.1 Å². The second-order valence-electron chi connectivity index (χ2n) is 3.92. The Morgan fingerprint density at radius 2 is 1.84 bits per heavy atom. The normalized spacial score (nSPS) is 11.5. The molecule has 5 nitrogen and oxygen atoms in total. The van der Waals surface area contributed by atoms with Crippen LogP contribution in [0.4, 0.5) is 0 Å². The molecule has 0 fully saturated rings. The second-order valence-corrected chi connectivity index (χ2v) is 4.36. The molecule has 1 amide bonds. The van der Waals surface area contributed by atoms with E-state index in [1.807, 2.05) is 0 Å². The minimum atomic E-state index is -0.893. The molecule has 0 saturated carbocycles. The summed E-state index contributed by atoms with van der Waals surface area (Å²) in [5, 5.41) is 2.99. The number of carbonyl (C=O) groups is 3. The van der Waals surface area contributed by atoms with Gasteiger partial charge < -0.3 is 10.1 Å². The molecule has 1 atom stereocenters. The number of rotatable bonds is 5. The Labute approximate surface area is 115 Å². The zero-order chi connectivity index (χ0) is 14.4. The fourth-order valence-electron chi connectivity index (χ4n) is 1.39. The van der Waals surface area contributed by atoms with Gasteiger partial charge in [-0.05, 0) is 31.2 Å². The number of halogens is 1. The van der Waals surface area contributed by atoms with Crippen LogP contribution in [0, 0.1) is 0 Å². The molecule has 0 spiro atoms. The molecule has 102 valence electrons. The number of hydrogen-bond donors (Lipinski definition) is 1. The van der Waals surface area contributed by atoms with E-state index in [1.54, 1.807) is 12.1 Å². The van der Waals surface area contributed by atoms with Crippen LogP contribution in [0.15, 0.2) is 24.3 Å². The minimum Gasteiger partial charge on any atom is -0.469 e. The SMILES string of the molecule is COC(=O)CC(NC(=O)c1ccc(Cl)cc1)C(C)=O. The molecule has 0 bridgehead atoms. The predicted octanol–water partition coefficient (Wildman–Crippen LogP) is 1.59. The van der Waals surface area contributed by atoms with E-state index in [0.29, 0.717) is 10.6 Å². The number of benzene rings is 1. The van der Waals surface area contributed by atoms with E-state index in [1.165, 1.54) is 26.2 Å². The van der Waals surface area contributed by atoms with Crippen molar-refractivity contribution in [2.45, 2.75) is 19.4 Å². The molecule has 0 saturated heterocycles. The molecule has 6 heteroatoms. The van der Waals surface area contributed by atoms with Gasteiger partial charge in [0.1, 0.15) is 0 Å². The summed E-state index contributed by atoms with van der Waals surface area (Å²) in [4.78, 5) is 34.4. The predicted molar refractivity (Wildman–Crippen MR) is 70.0 cm³/mol. The average Bonchev–Trinajstić information content (AvgIpc) is 2.38. The minimum absolute atomic E-state index is 0.189. The monoisotopic (exact) mass is 283 g/mol. The molecule has 1 aromatic carbocycles. The van der Waals surface area contributed by atoms with Crippen LogP contribution >= 0.6 is 11.6 Å². The maximum atomic E-state index is 11.9. The zero-order valence-corrected chi connectivity index (χ0v) is 11.4. The lowest BCUT2D eigenvalue weighted by atomic mass is 10.1. The number of methoxy groups -OCH3 is 1. The van der Waals surface area contributed by atoms with Crippen molar-refractivity contribution in [2.24, 2.45) is 0 Å². The van der Waals surface area contributed by atoms with Gasteiger partial charge in [0.25, 0.3) is 5.91 Å². The molecule has 1 rings (SSSR count). The maximum Gasteiger partial charge on any atom is 0.308 e. The topological polar surface area (TPSA) is 72.5 Å². The van der Waals surface area contributed by atoms with Crippen molar-refractivity contribution in [3.8, 4) is 0 Å². The number of hydrogen-bond acceptors (Lipinski definition) is 4. The van der Waals surface area contributed by atoms with E-state index in [-0.39, 0.29) is 12.2 Å². The highest BCUT2D eigenvalue weighted by Gasteiger charge is 2.21. The Morgan fingerprint density at radius 3 is 2.32 bits per heavy atom. The summed E-state index contributed by atoms with van der Waals surface area (Å²) in [6, 6.07) is 5.31. The van der Waals surface area contributed by atoms with Crippen LogP contribution < -0.4 is 5.32 Å². The molecular weight excluding hydrogens is 270 g/mol. The quantitative estimate of drug-likeness (QED) is 0.833. The van der Waals surface area contributed by atoms with Crippen molar-refractivity contribution in [2.75, 3.05) is 7.11 Å². The lowest BCUT2D eigenvalue weighted by Gasteiger charge is -2.14. The van der Waals surface area contributed by atoms with Gasteiger partial charge in [0, 0.05) is 10.6 Å². The Bertz CT molecular complexity index is 484. The van der Waals surface area contributed by atoms with Gasteiger partial charge in [0.05, 0.1) is 19.6 Å². The van der Waals surface area contributed by atoms with Crippen molar-refractivity contribution in [3.63, 3.8) is 0 Å². The third-order valence-corrected chi connectivity index (χ3v) is 2.75. The third kappa shape index (κ3) is 4.71. The number of carbonyl (C=O) groups excluding carboxylic acids is 3. The molecule has 0 aromatic heterocycles. The number of ketones is 1. The summed E-state index contributed by atoms with van der Waals surface area (Å²) in [5.41, 5.74) is 0.362. The first-order valence-electron chi connectivity index (χ1n) is 5.57. The molecule has 1 N–H and O–H groups in total. The zero-order valence-electron chi connectivity index (χ0n) is 10.6. The first kappa shape index (κ1) is 15.2. The molecule has 1 unspecified atom stereocenters. The Balaban J connectivity index is 2.73. The highest BCUT2D eigenvalue weighted by molar-refractivity contribution is 6.30. The van der Waals surface area contributed by atoms with Crippen molar-refractivity contribution >= 4 is 29.3 Å². The summed E-state index contributed by atoms with van der Waals surface area (Å²) in [5.74, 6) is -1.31. The number of amides is 1. The van der Waals surface area contributed by atoms with Gasteiger partial charge >= 0.3 is 5.97 Å². The second kappa shape index (κ2) is 6.89. The molecule has 0 heterocycles. The maximum absolute atomic E-state index is 11.9. The molecule has 0 aliphatic rings. The number of ether oxygens (including phenoxy) is 1. The summed E-state index contributed by atoms with van der Waals surface area (Å²) in [6.45, 7) is 1.30. The van der Waals surface area contributed by atoms with Crippen molar-refractivity contribution in [1.82, 2.24) is 5.32 Å². The van der Waals surface area contributed by atoms with Crippen LogP contribution in [0.5, 0.6) is 0 Å². The van der Waals surface area contributed by atoms with Crippen LogP contribution in [0.25, 0.3) is 0 Å². The summed E-state index contributed by atoms with van der Waals surface area (Å²) < 4.78 is 4.47. The molecule has 0 radical (unpaired) electrons. The first-order valence-corrected chi connectivity index (χ1v) is 5.95. The fourth-order valence-corrected chi connectivity index (χ4v) is 1.52. The lowest BCUT2D eigenvalue weighted by molar-refractivity contribution is -0.142. The van der Waals surface area contributed by atoms with Crippen LogP contribution in [0.1, 0.15) is 23.7 Å². The van der Waals surface area contributed by atoms with Gasteiger partial charge in [-0.2, -0.15) is 0 Å². The highest BCUT2D eigenvalue weighted by atomic mass is 35.5. The van der Waals surface area contributed by atoms with Crippen LogP contribution in [-0.4, -0.2) is 30.8 Å². The number of esters is 1. The van der Waals surface area contributed by atoms with E-state index < -0.39 is 17.9 Å². The summed E-state index contributed by atoms with van der Waals surface area (Å²) >= 11 is 5.71. The van der Waals surface area contributed by atoms with Gasteiger partial charge in [0.15, 0.2) is 5.78 Å². The van der Waals surface area contributed by atoms with Gasteiger partial charge in [0.2, 0.25) is 0 Å². The van der Waals surface area contributed by atoms with Crippen LogP contribution in [-0.2, 0) is 14.3 Å². The van der Waals surface area contributed by atoms with Crippen LogP contribution in [0.3, 0.4) is 0 Å². The first-order chi connectivity index (χ1) is 8.93. The van der Waals surface area contributed by atoms with E-state index in [9.17, 15) is 14.4 Å². The Hall–Kier alpha value is -1.88. The van der Waals surface area contributed by atoms with E-state index >= 15 is 0 Å². The number of Topliss-reactive ketones (excluding diaryl/α,β-unsaturated/α-hetero) is 1. The molecule has 1 aromatic rings. The Morgan fingerprint density at radius 1 is 1.26 bits per heavy atom. The molecule has 19 heavy (non-hydrogen) atoms. The molecular formula is C13H14ClNO4. The lowest BCUT2D eigenvalue weighted by Crippen LogP contribution is -2.41. The molecule has 0 aliphatic heterocycles. The van der Waals surface area contributed by atoms with Crippen LogP contribution in [0.2, 0.25) is 5.02 Å². The van der Waals surface area contributed by atoms with Crippen molar-refractivity contribution < 1.29 is 19.1 Å². The Kier molecular flexibility index (Phi) is 5.51. The van der Waals surface area contributed by atoms with Crippen molar-refractivity contribution in [1.29, 1.82) is 0 Å². The van der Waals surface area contributed by atoms with E-state index in [0.717, 1.165) is 0 Å². The standard InChI is InChI=1S/C13H14ClNO4/c1-8(16)11(7-12(17)19-2)15-13(18)9-3-5-10(14)6-4-9/h3-6,11H,7H2,1-2H3,(H,15,18). The average molecular weight is 284 g/mol. The van der Waals surface area contributed by atoms with Crippen molar-refractivity contribution in [3.05, 3.63) is 34.9 Å². The fraction of sp³-hybridized carbons (Fsp3) is 0.308. The van der Waals surface area contributed by atoms with Gasteiger partial charge in [-0.1, -0.05) is 11.6 Å². The van der Waals surface area contributed by atoms with Gasteiger partial charge in [-0.3, -0.25) is 14.4 Å². The largest absolute Gasteiger partial charge is 0.469 e. The van der Waals surface area contributed by atoms with Gasteiger partial charge in [-0.25, -0.2) is 0 Å². The van der Waals surface area contributed by atoms with Gasteiger partial charge in [-0.15, -0.1) is 0 Å². The summed E-state index contributed by atoms with van der Waals surface area (Å²) in [7, 11) is 1.22. The summed E-state index contributed by atoms with van der Waals surface area (Å²) in [6.07, 6.45) is -0.189. The third-order valence-electron chi connectivity index (χ3n) is 2.50. The van der Waals surface area contributed by atoms with E-state index in [4.69, 9.17) is 11.6 Å².